The van der Waals surface area contributed by atoms with Crippen LogP contribution >= 0.6 is 0 Å². The lowest BCUT2D eigenvalue weighted by atomic mass is 9.95. The van der Waals surface area contributed by atoms with Gasteiger partial charge in [0.15, 0.2) is 0 Å². The molecular weight excluding hydrogens is 284 g/mol. The van der Waals surface area contributed by atoms with Crippen LogP contribution in [0.15, 0.2) is 42.5 Å². The maximum absolute atomic E-state index is 5.53. The summed E-state index contributed by atoms with van der Waals surface area (Å²) in [7, 11) is 0. The van der Waals surface area contributed by atoms with Crippen LogP contribution in [0.1, 0.15) is 37.3 Å². The van der Waals surface area contributed by atoms with Crippen molar-refractivity contribution in [1.82, 2.24) is 9.78 Å². The molecule has 2 heterocycles. The summed E-state index contributed by atoms with van der Waals surface area (Å²) in [6, 6.07) is 10.5. The molecular formula is C20H22N2O. The Hall–Kier alpha value is -2.13. The average molecular weight is 306 g/mol. The Morgan fingerprint density at radius 2 is 1.87 bits per heavy atom. The van der Waals surface area contributed by atoms with Gasteiger partial charge in [-0.15, -0.1) is 0 Å². The predicted molar refractivity (Wildman–Crippen MR) is 92.9 cm³/mol. The highest BCUT2D eigenvalue weighted by Gasteiger charge is 2.21. The third-order valence-electron chi connectivity index (χ3n) is 4.67. The van der Waals surface area contributed by atoms with Gasteiger partial charge in [0.25, 0.3) is 0 Å². The van der Waals surface area contributed by atoms with Crippen molar-refractivity contribution in [3.05, 3.63) is 58.7 Å². The van der Waals surface area contributed by atoms with Crippen LogP contribution in [0.5, 0.6) is 0 Å². The molecule has 0 unspecified atom stereocenters. The van der Waals surface area contributed by atoms with E-state index >= 15 is 0 Å². The lowest BCUT2D eigenvalue weighted by Gasteiger charge is -2.20. The minimum atomic E-state index is 0.500. The van der Waals surface area contributed by atoms with Crippen LogP contribution in [0.3, 0.4) is 0 Å². The summed E-state index contributed by atoms with van der Waals surface area (Å²) in [6.45, 7) is 1.69. The third kappa shape index (κ3) is 2.89. The zero-order chi connectivity index (χ0) is 15.5. The highest BCUT2D eigenvalue weighted by molar-refractivity contribution is 5.45. The second-order valence-corrected chi connectivity index (χ2v) is 6.19. The highest BCUT2D eigenvalue weighted by atomic mass is 16.5. The summed E-state index contributed by atoms with van der Waals surface area (Å²) < 4.78 is 7.66. The number of ether oxygens (including phenoxy) is 1. The summed E-state index contributed by atoms with van der Waals surface area (Å²) in [5.74, 6) is 0.500. The Morgan fingerprint density at radius 3 is 2.70 bits per heavy atom. The number of rotatable bonds is 2. The lowest BCUT2D eigenvalue weighted by molar-refractivity contribution is 0.0842. The maximum atomic E-state index is 5.53. The minimum Gasteiger partial charge on any atom is -0.381 e. The van der Waals surface area contributed by atoms with Gasteiger partial charge in [0.2, 0.25) is 0 Å². The zero-order valence-corrected chi connectivity index (χ0v) is 13.3. The van der Waals surface area contributed by atoms with Crippen molar-refractivity contribution in [1.29, 1.82) is 0 Å². The molecule has 1 aliphatic carbocycles. The van der Waals surface area contributed by atoms with Gasteiger partial charge >= 0.3 is 0 Å². The van der Waals surface area contributed by atoms with Gasteiger partial charge in [0.1, 0.15) is 0 Å². The van der Waals surface area contributed by atoms with Crippen molar-refractivity contribution in [2.24, 2.45) is 0 Å². The van der Waals surface area contributed by atoms with Gasteiger partial charge in [0, 0.05) is 24.4 Å². The number of allylic oxidation sites excluding steroid dienone is 2. The first-order chi connectivity index (χ1) is 11.4. The van der Waals surface area contributed by atoms with Crippen molar-refractivity contribution in [2.45, 2.75) is 31.6 Å². The fraction of sp³-hybridized carbons (Fsp3) is 0.350. The van der Waals surface area contributed by atoms with Crippen molar-refractivity contribution in [3.8, 4) is 5.69 Å². The molecule has 0 saturated carbocycles. The van der Waals surface area contributed by atoms with Gasteiger partial charge in [0.05, 0.1) is 16.7 Å². The normalized spacial score (nSPS) is 19.9. The van der Waals surface area contributed by atoms with Crippen LogP contribution in [0.25, 0.3) is 17.8 Å². The van der Waals surface area contributed by atoms with Gasteiger partial charge in [-0.25, -0.2) is 4.68 Å². The van der Waals surface area contributed by atoms with Gasteiger partial charge in [-0.2, -0.15) is 5.10 Å². The molecule has 0 atom stereocenters. The molecule has 1 saturated heterocycles. The van der Waals surface area contributed by atoms with Crippen molar-refractivity contribution in [2.75, 3.05) is 13.2 Å². The first kappa shape index (κ1) is 14.5. The Labute approximate surface area is 136 Å². The van der Waals surface area contributed by atoms with E-state index in [1.54, 1.807) is 0 Å². The van der Waals surface area contributed by atoms with E-state index in [4.69, 9.17) is 9.84 Å². The van der Waals surface area contributed by atoms with Gasteiger partial charge in [-0.1, -0.05) is 42.5 Å². The number of nitrogens with zero attached hydrogens (tertiary/aromatic N) is 2. The van der Waals surface area contributed by atoms with Crippen LogP contribution < -0.4 is 10.6 Å². The van der Waals surface area contributed by atoms with E-state index in [1.165, 1.54) is 16.3 Å². The summed E-state index contributed by atoms with van der Waals surface area (Å²) >= 11 is 0. The Kier molecular flexibility index (Phi) is 4.12. The fourth-order valence-electron chi connectivity index (χ4n) is 3.44. The molecule has 1 aromatic heterocycles. The van der Waals surface area contributed by atoms with E-state index in [1.807, 2.05) is 0 Å². The second kappa shape index (κ2) is 6.55. The molecule has 0 radical (unpaired) electrons. The lowest BCUT2D eigenvalue weighted by Crippen LogP contribution is -2.31. The summed E-state index contributed by atoms with van der Waals surface area (Å²) in [5.41, 5.74) is 2.37. The standard InChI is InChI=1S/C20H22N2O/c1-2-7-11-19-18(10-6-1)20(16-12-14-23-15-13-16)21-22(19)17-8-4-3-5-9-17/h1,3-6,8-11,16H,2,7,12-15H2/b6-1?,18-10?,19-11+. The number of aromatic nitrogens is 2. The van der Waals surface area contributed by atoms with E-state index < -0.39 is 0 Å². The number of benzene rings is 1. The largest absolute Gasteiger partial charge is 0.381 e. The molecule has 118 valence electrons. The molecule has 2 aromatic rings. The zero-order valence-electron chi connectivity index (χ0n) is 13.3. The smallest absolute Gasteiger partial charge is 0.0740 e. The first-order valence-corrected chi connectivity index (χ1v) is 8.52. The number of para-hydroxylation sites is 1. The fourth-order valence-corrected chi connectivity index (χ4v) is 3.44. The Balaban J connectivity index is 1.92. The molecule has 23 heavy (non-hydrogen) atoms. The quantitative estimate of drug-likeness (QED) is 0.853. The van der Waals surface area contributed by atoms with E-state index in [2.05, 4.69) is 59.3 Å². The van der Waals surface area contributed by atoms with E-state index in [0.29, 0.717) is 5.92 Å². The van der Waals surface area contributed by atoms with E-state index in [-0.39, 0.29) is 0 Å². The topological polar surface area (TPSA) is 27.1 Å². The molecule has 0 spiro atoms. The van der Waals surface area contributed by atoms with Crippen LogP contribution in [0.4, 0.5) is 0 Å². The van der Waals surface area contributed by atoms with Crippen molar-refractivity contribution in [3.63, 3.8) is 0 Å². The van der Waals surface area contributed by atoms with Gasteiger partial charge in [-0.05, 0) is 37.8 Å². The predicted octanol–water partition coefficient (Wildman–Crippen LogP) is 2.68. The monoisotopic (exact) mass is 306 g/mol. The number of hydrogen-bond acceptors (Lipinski definition) is 2. The molecule has 1 aromatic carbocycles. The van der Waals surface area contributed by atoms with Crippen LogP contribution in [0.2, 0.25) is 0 Å². The summed E-state index contributed by atoms with van der Waals surface area (Å²) in [6.07, 6.45) is 13.3. The average Bonchev–Trinajstić information content (AvgIpc) is 2.94. The van der Waals surface area contributed by atoms with E-state index in [9.17, 15) is 0 Å². The summed E-state index contributed by atoms with van der Waals surface area (Å²) in [5, 5.41) is 7.56. The maximum Gasteiger partial charge on any atom is 0.0740 e. The molecule has 3 nitrogen and oxygen atoms in total. The second-order valence-electron chi connectivity index (χ2n) is 6.19. The number of hydrogen-bond donors (Lipinski definition) is 0. The highest BCUT2D eigenvalue weighted by Crippen LogP contribution is 2.23. The van der Waals surface area contributed by atoms with Crippen LogP contribution in [-0.4, -0.2) is 23.0 Å². The minimum absolute atomic E-state index is 0.500. The Bertz CT molecular complexity index is 811. The van der Waals surface area contributed by atoms with Crippen LogP contribution in [-0.2, 0) is 4.74 Å². The first-order valence-electron chi connectivity index (χ1n) is 8.52. The van der Waals surface area contributed by atoms with Gasteiger partial charge in [-0.3, -0.25) is 0 Å². The number of fused-ring (bicyclic) bond motifs is 1. The third-order valence-corrected chi connectivity index (χ3v) is 4.67. The molecule has 1 aliphatic heterocycles. The summed E-state index contributed by atoms with van der Waals surface area (Å²) in [4.78, 5) is 0. The SMILES string of the molecule is C1=CCC/C=c2\c(c(C3CCOCC3)nn2-c2ccccc2)=C1. The van der Waals surface area contributed by atoms with Crippen LogP contribution in [0, 0.1) is 0 Å². The molecule has 0 bridgehead atoms. The van der Waals surface area contributed by atoms with Gasteiger partial charge < -0.3 is 4.74 Å². The molecule has 3 heteroatoms. The van der Waals surface area contributed by atoms with Crippen molar-refractivity contribution < 1.29 is 4.74 Å². The molecule has 4 rings (SSSR count). The van der Waals surface area contributed by atoms with E-state index in [0.717, 1.165) is 44.6 Å². The molecule has 0 amide bonds. The molecule has 2 aliphatic rings. The molecule has 1 fully saturated rings. The Morgan fingerprint density at radius 1 is 1.04 bits per heavy atom. The molecule has 0 N–H and O–H groups in total. The van der Waals surface area contributed by atoms with Crippen molar-refractivity contribution >= 4 is 12.2 Å².